The normalized spacial score (nSPS) is 20.0. The third kappa shape index (κ3) is 3.56. The van der Waals surface area contributed by atoms with Gasteiger partial charge in [-0.2, -0.15) is 0 Å². The molecule has 1 aliphatic heterocycles. The predicted octanol–water partition coefficient (Wildman–Crippen LogP) is 2.15. The molecule has 114 valence electrons. The Morgan fingerprint density at radius 3 is 2.86 bits per heavy atom. The highest BCUT2D eigenvalue weighted by Gasteiger charge is 2.29. The summed E-state index contributed by atoms with van der Waals surface area (Å²) in [7, 11) is 0. The van der Waals surface area contributed by atoms with E-state index in [1.54, 1.807) is 0 Å². The fourth-order valence-electron chi connectivity index (χ4n) is 2.55. The van der Waals surface area contributed by atoms with Crippen LogP contribution in [-0.4, -0.2) is 31.8 Å². The van der Waals surface area contributed by atoms with Gasteiger partial charge < -0.3 is 14.8 Å². The number of hydrogen-bond donors (Lipinski definition) is 1. The molecule has 0 saturated heterocycles. The lowest BCUT2D eigenvalue weighted by molar-refractivity contribution is -0.127. The highest BCUT2D eigenvalue weighted by Crippen LogP contribution is 2.31. The van der Waals surface area contributed by atoms with Crippen molar-refractivity contribution in [3.05, 3.63) is 28.8 Å². The van der Waals surface area contributed by atoms with E-state index in [0.29, 0.717) is 19.6 Å². The SMILES string of the molecule is Cc1cc2c(cc1C)O[C@H](C(=O)NCCOCC1CC1)C2. The van der Waals surface area contributed by atoms with Crippen molar-refractivity contribution in [2.45, 2.75) is 39.2 Å². The molecule has 2 aliphatic rings. The van der Waals surface area contributed by atoms with Crippen molar-refractivity contribution in [2.24, 2.45) is 5.92 Å². The average molecular weight is 289 g/mol. The zero-order chi connectivity index (χ0) is 14.8. The minimum atomic E-state index is -0.398. The van der Waals surface area contributed by atoms with Gasteiger partial charge in [-0.15, -0.1) is 0 Å². The maximum absolute atomic E-state index is 12.1. The molecular weight excluding hydrogens is 266 g/mol. The van der Waals surface area contributed by atoms with Gasteiger partial charge in [0.1, 0.15) is 5.75 Å². The number of fused-ring (bicyclic) bond motifs is 1. The first-order valence-corrected chi connectivity index (χ1v) is 7.75. The third-order valence-corrected chi connectivity index (χ3v) is 4.24. The van der Waals surface area contributed by atoms with Gasteiger partial charge in [0.2, 0.25) is 0 Å². The van der Waals surface area contributed by atoms with E-state index in [1.165, 1.54) is 24.0 Å². The van der Waals surface area contributed by atoms with Crippen LogP contribution in [0.15, 0.2) is 12.1 Å². The Kier molecular flexibility index (Phi) is 4.15. The number of carbonyl (C=O) groups is 1. The lowest BCUT2D eigenvalue weighted by atomic mass is 10.0. The molecule has 1 N–H and O–H groups in total. The Balaban J connectivity index is 1.44. The van der Waals surface area contributed by atoms with Crippen molar-refractivity contribution in [3.8, 4) is 5.75 Å². The number of ether oxygens (including phenoxy) is 2. The number of amides is 1. The summed E-state index contributed by atoms with van der Waals surface area (Å²) in [5.74, 6) is 1.57. The molecule has 0 aromatic heterocycles. The van der Waals surface area contributed by atoms with Crippen molar-refractivity contribution in [1.82, 2.24) is 5.32 Å². The van der Waals surface area contributed by atoms with Crippen molar-refractivity contribution in [1.29, 1.82) is 0 Å². The Morgan fingerprint density at radius 1 is 1.33 bits per heavy atom. The Bertz CT molecular complexity index is 506. The highest BCUT2D eigenvalue weighted by molar-refractivity contribution is 5.82. The first-order valence-electron chi connectivity index (χ1n) is 7.75. The van der Waals surface area contributed by atoms with Crippen molar-refractivity contribution >= 4 is 5.91 Å². The highest BCUT2D eigenvalue weighted by atomic mass is 16.5. The van der Waals surface area contributed by atoms with Gasteiger partial charge in [-0.25, -0.2) is 0 Å². The first-order chi connectivity index (χ1) is 10.1. The van der Waals surface area contributed by atoms with Gasteiger partial charge in [-0.1, -0.05) is 6.07 Å². The van der Waals surface area contributed by atoms with Crippen LogP contribution in [0.4, 0.5) is 0 Å². The van der Waals surface area contributed by atoms with Gasteiger partial charge in [0, 0.05) is 19.6 Å². The van der Waals surface area contributed by atoms with Gasteiger partial charge in [-0.05, 0) is 55.4 Å². The number of carbonyl (C=O) groups excluding carboxylic acids is 1. The zero-order valence-electron chi connectivity index (χ0n) is 12.8. The molecular formula is C17H23NO3. The molecule has 0 unspecified atom stereocenters. The molecule has 0 spiro atoms. The van der Waals surface area contributed by atoms with Crippen LogP contribution in [-0.2, 0) is 16.0 Å². The van der Waals surface area contributed by atoms with Crippen molar-refractivity contribution in [3.63, 3.8) is 0 Å². The molecule has 1 aromatic rings. The van der Waals surface area contributed by atoms with Crippen molar-refractivity contribution < 1.29 is 14.3 Å². The number of benzene rings is 1. The molecule has 1 saturated carbocycles. The molecule has 4 nitrogen and oxygen atoms in total. The molecule has 21 heavy (non-hydrogen) atoms. The van der Waals surface area contributed by atoms with E-state index in [1.807, 2.05) is 6.07 Å². The van der Waals surface area contributed by atoms with Gasteiger partial charge >= 0.3 is 0 Å². The second kappa shape index (κ2) is 6.06. The fourth-order valence-corrected chi connectivity index (χ4v) is 2.55. The third-order valence-electron chi connectivity index (χ3n) is 4.24. The summed E-state index contributed by atoms with van der Waals surface area (Å²) in [6.07, 6.45) is 2.84. The van der Waals surface area contributed by atoms with Crippen LogP contribution >= 0.6 is 0 Å². The first kappa shape index (κ1) is 14.4. The quantitative estimate of drug-likeness (QED) is 0.816. The fraction of sp³-hybridized carbons (Fsp3) is 0.588. The molecule has 0 bridgehead atoms. The second-order valence-corrected chi connectivity index (χ2v) is 6.16. The van der Waals surface area contributed by atoms with Gasteiger partial charge in [0.15, 0.2) is 6.10 Å². The molecule has 3 rings (SSSR count). The van der Waals surface area contributed by atoms with Crippen LogP contribution in [0.1, 0.15) is 29.5 Å². The van der Waals surface area contributed by atoms with E-state index in [9.17, 15) is 4.79 Å². The minimum absolute atomic E-state index is 0.0449. The monoisotopic (exact) mass is 289 g/mol. The lowest BCUT2D eigenvalue weighted by Gasteiger charge is -2.11. The van der Waals surface area contributed by atoms with Gasteiger partial charge in [-0.3, -0.25) is 4.79 Å². The van der Waals surface area contributed by atoms with E-state index >= 15 is 0 Å². The molecule has 1 amide bonds. The van der Waals surface area contributed by atoms with E-state index in [0.717, 1.165) is 23.8 Å². The van der Waals surface area contributed by atoms with Crippen LogP contribution < -0.4 is 10.1 Å². The zero-order valence-corrected chi connectivity index (χ0v) is 12.8. The summed E-state index contributed by atoms with van der Waals surface area (Å²) in [6.45, 7) is 6.11. The second-order valence-electron chi connectivity index (χ2n) is 6.16. The molecule has 0 radical (unpaired) electrons. The number of nitrogens with one attached hydrogen (secondary N) is 1. The smallest absolute Gasteiger partial charge is 0.261 e. The van der Waals surface area contributed by atoms with Crippen LogP contribution in [0.25, 0.3) is 0 Å². The van der Waals surface area contributed by atoms with Crippen LogP contribution in [0.2, 0.25) is 0 Å². The number of rotatable bonds is 6. The van der Waals surface area contributed by atoms with Crippen LogP contribution in [0.5, 0.6) is 5.75 Å². The number of aryl methyl sites for hydroxylation is 2. The summed E-state index contributed by atoms with van der Waals surface area (Å²) in [5, 5.41) is 2.89. The Hall–Kier alpha value is -1.55. The van der Waals surface area contributed by atoms with Crippen LogP contribution in [0, 0.1) is 19.8 Å². The van der Waals surface area contributed by atoms with Crippen LogP contribution in [0.3, 0.4) is 0 Å². The standard InChI is InChI=1S/C17H23NO3/c1-11-7-14-9-16(21-15(14)8-12(11)2)17(19)18-5-6-20-10-13-3-4-13/h7-8,13,16H,3-6,9-10H2,1-2H3,(H,18,19)/t16-/m0/s1. The summed E-state index contributed by atoms with van der Waals surface area (Å²) >= 11 is 0. The maximum Gasteiger partial charge on any atom is 0.261 e. The molecule has 1 atom stereocenters. The molecule has 4 heteroatoms. The largest absolute Gasteiger partial charge is 0.480 e. The number of hydrogen-bond acceptors (Lipinski definition) is 3. The maximum atomic E-state index is 12.1. The van der Waals surface area contributed by atoms with E-state index in [-0.39, 0.29) is 5.91 Å². The van der Waals surface area contributed by atoms with E-state index in [2.05, 4.69) is 25.2 Å². The molecule has 1 heterocycles. The van der Waals surface area contributed by atoms with E-state index < -0.39 is 6.10 Å². The lowest BCUT2D eigenvalue weighted by Crippen LogP contribution is -2.39. The topological polar surface area (TPSA) is 47.6 Å². The summed E-state index contributed by atoms with van der Waals surface area (Å²) < 4.78 is 11.3. The van der Waals surface area contributed by atoms with Crippen molar-refractivity contribution in [2.75, 3.05) is 19.8 Å². The Morgan fingerprint density at radius 2 is 2.10 bits per heavy atom. The molecule has 1 aliphatic carbocycles. The predicted molar refractivity (Wildman–Crippen MR) is 80.6 cm³/mol. The van der Waals surface area contributed by atoms with E-state index in [4.69, 9.17) is 9.47 Å². The molecule has 1 aromatic carbocycles. The Labute approximate surface area is 125 Å². The summed E-state index contributed by atoms with van der Waals surface area (Å²) in [6, 6.07) is 4.15. The molecule has 1 fully saturated rings. The van der Waals surface area contributed by atoms with Gasteiger partial charge in [0.05, 0.1) is 6.61 Å². The summed E-state index contributed by atoms with van der Waals surface area (Å²) in [5.41, 5.74) is 3.57. The summed E-state index contributed by atoms with van der Waals surface area (Å²) in [4.78, 5) is 12.1. The average Bonchev–Trinajstić information content (AvgIpc) is 3.19. The van der Waals surface area contributed by atoms with Gasteiger partial charge in [0.25, 0.3) is 5.91 Å². The minimum Gasteiger partial charge on any atom is -0.480 e.